The highest BCUT2D eigenvalue weighted by molar-refractivity contribution is 5.02. The summed E-state index contributed by atoms with van der Waals surface area (Å²) in [6.07, 6.45) is 1.43. The van der Waals surface area contributed by atoms with E-state index in [0.29, 0.717) is 51.8 Å². The predicted molar refractivity (Wildman–Crippen MR) is 74.5 cm³/mol. The molecule has 2 unspecified atom stereocenters. The van der Waals surface area contributed by atoms with Crippen molar-refractivity contribution in [3.8, 4) is 0 Å². The minimum atomic E-state index is 0.220. The van der Waals surface area contributed by atoms with Crippen LogP contribution in [-0.4, -0.2) is 65.9 Å². The van der Waals surface area contributed by atoms with Gasteiger partial charge in [-0.05, 0) is 13.5 Å². The standard InChI is InChI=1S/C14H29NO4/c1-14(2)12(15-3)11-13(14)19-10-9-18-8-7-17-6-5-16-4/h12-13,15H,5-11H2,1-4H3. The van der Waals surface area contributed by atoms with E-state index in [-0.39, 0.29) is 5.41 Å². The molecule has 0 heterocycles. The number of ether oxygens (including phenoxy) is 4. The van der Waals surface area contributed by atoms with E-state index >= 15 is 0 Å². The molecule has 0 aliphatic heterocycles. The molecule has 19 heavy (non-hydrogen) atoms. The van der Waals surface area contributed by atoms with Crippen LogP contribution in [0.5, 0.6) is 0 Å². The van der Waals surface area contributed by atoms with Crippen LogP contribution >= 0.6 is 0 Å². The molecule has 0 saturated heterocycles. The van der Waals surface area contributed by atoms with Crippen LogP contribution in [0.3, 0.4) is 0 Å². The number of hydrogen-bond donors (Lipinski definition) is 1. The first-order valence-corrected chi connectivity index (χ1v) is 7.06. The van der Waals surface area contributed by atoms with E-state index in [1.807, 2.05) is 7.05 Å². The highest BCUT2D eigenvalue weighted by Crippen LogP contribution is 2.42. The van der Waals surface area contributed by atoms with Gasteiger partial charge in [0.15, 0.2) is 0 Å². The Morgan fingerprint density at radius 3 is 2.11 bits per heavy atom. The normalized spacial score (nSPS) is 25.3. The maximum absolute atomic E-state index is 5.84. The van der Waals surface area contributed by atoms with Crippen LogP contribution in [-0.2, 0) is 18.9 Å². The Hall–Kier alpha value is -0.200. The fourth-order valence-electron chi connectivity index (χ4n) is 2.37. The summed E-state index contributed by atoms with van der Waals surface area (Å²) in [7, 11) is 3.67. The van der Waals surface area contributed by atoms with Crippen molar-refractivity contribution in [1.82, 2.24) is 5.32 Å². The van der Waals surface area contributed by atoms with E-state index in [1.54, 1.807) is 7.11 Å². The van der Waals surface area contributed by atoms with Crippen LogP contribution in [0.15, 0.2) is 0 Å². The van der Waals surface area contributed by atoms with Gasteiger partial charge >= 0.3 is 0 Å². The second kappa shape index (κ2) is 8.87. The van der Waals surface area contributed by atoms with E-state index < -0.39 is 0 Å². The van der Waals surface area contributed by atoms with Crippen molar-refractivity contribution in [2.24, 2.45) is 5.41 Å². The lowest BCUT2D eigenvalue weighted by Gasteiger charge is -2.51. The lowest BCUT2D eigenvalue weighted by molar-refractivity contribution is -0.126. The van der Waals surface area contributed by atoms with Crippen molar-refractivity contribution in [3.05, 3.63) is 0 Å². The van der Waals surface area contributed by atoms with E-state index in [9.17, 15) is 0 Å². The Bertz CT molecular complexity index is 235. The third-order valence-corrected chi connectivity index (χ3v) is 3.88. The van der Waals surface area contributed by atoms with Crippen LogP contribution in [0.25, 0.3) is 0 Å². The highest BCUT2D eigenvalue weighted by Gasteiger charge is 2.47. The van der Waals surface area contributed by atoms with Gasteiger partial charge in [0.1, 0.15) is 0 Å². The van der Waals surface area contributed by atoms with Crippen LogP contribution in [0, 0.1) is 5.41 Å². The fraction of sp³-hybridized carbons (Fsp3) is 1.00. The summed E-state index contributed by atoms with van der Waals surface area (Å²) in [5.41, 5.74) is 0.220. The molecule has 0 spiro atoms. The molecule has 0 bridgehead atoms. The van der Waals surface area contributed by atoms with Crippen LogP contribution in [0.4, 0.5) is 0 Å². The minimum absolute atomic E-state index is 0.220. The number of nitrogens with one attached hydrogen (secondary N) is 1. The molecule has 1 rings (SSSR count). The van der Waals surface area contributed by atoms with Gasteiger partial charge in [0.2, 0.25) is 0 Å². The molecule has 1 saturated carbocycles. The van der Waals surface area contributed by atoms with Crippen molar-refractivity contribution in [2.75, 3.05) is 53.8 Å². The number of rotatable bonds is 11. The molecule has 2 atom stereocenters. The smallest absolute Gasteiger partial charge is 0.0704 e. The summed E-state index contributed by atoms with van der Waals surface area (Å²) < 4.78 is 21.5. The Morgan fingerprint density at radius 1 is 1.00 bits per heavy atom. The van der Waals surface area contributed by atoms with Gasteiger partial charge in [-0.15, -0.1) is 0 Å². The molecule has 1 N–H and O–H groups in total. The van der Waals surface area contributed by atoms with Crippen LogP contribution < -0.4 is 5.32 Å². The summed E-state index contributed by atoms with van der Waals surface area (Å²) in [6.45, 7) is 8.25. The van der Waals surface area contributed by atoms with E-state index in [4.69, 9.17) is 18.9 Å². The summed E-state index contributed by atoms with van der Waals surface area (Å²) in [5, 5.41) is 3.32. The quantitative estimate of drug-likeness (QED) is 0.572. The monoisotopic (exact) mass is 275 g/mol. The Balaban J connectivity index is 1.89. The average molecular weight is 275 g/mol. The fourth-order valence-corrected chi connectivity index (χ4v) is 2.37. The van der Waals surface area contributed by atoms with Crippen LogP contribution in [0.2, 0.25) is 0 Å². The number of hydrogen-bond acceptors (Lipinski definition) is 5. The van der Waals surface area contributed by atoms with Crippen LogP contribution in [0.1, 0.15) is 20.3 Å². The lowest BCUT2D eigenvalue weighted by Crippen LogP contribution is -2.60. The highest BCUT2D eigenvalue weighted by atomic mass is 16.6. The third-order valence-electron chi connectivity index (χ3n) is 3.88. The second-order valence-corrected chi connectivity index (χ2v) is 5.48. The second-order valence-electron chi connectivity index (χ2n) is 5.48. The third kappa shape index (κ3) is 5.36. The zero-order chi connectivity index (χ0) is 14.1. The topological polar surface area (TPSA) is 49.0 Å². The van der Waals surface area contributed by atoms with Crippen molar-refractivity contribution >= 4 is 0 Å². The van der Waals surface area contributed by atoms with E-state index in [2.05, 4.69) is 19.2 Å². The van der Waals surface area contributed by atoms with Gasteiger partial charge in [-0.25, -0.2) is 0 Å². The molecule has 0 aromatic rings. The number of methoxy groups -OCH3 is 1. The molecular weight excluding hydrogens is 246 g/mol. The molecule has 5 nitrogen and oxygen atoms in total. The molecule has 0 amide bonds. The van der Waals surface area contributed by atoms with Gasteiger partial charge in [-0.3, -0.25) is 0 Å². The van der Waals surface area contributed by atoms with Crippen molar-refractivity contribution in [1.29, 1.82) is 0 Å². The molecular formula is C14H29NO4. The van der Waals surface area contributed by atoms with Gasteiger partial charge in [0.25, 0.3) is 0 Å². The summed E-state index contributed by atoms with van der Waals surface area (Å²) >= 11 is 0. The molecule has 114 valence electrons. The summed E-state index contributed by atoms with van der Waals surface area (Å²) in [4.78, 5) is 0. The average Bonchev–Trinajstić information content (AvgIpc) is 2.39. The van der Waals surface area contributed by atoms with Gasteiger partial charge < -0.3 is 24.3 Å². The molecule has 1 aliphatic carbocycles. The van der Waals surface area contributed by atoms with Gasteiger partial charge in [0.05, 0.1) is 45.7 Å². The van der Waals surface area contributed by atoms with E-state index in [1.165, 1.54) is 0 Å². The molecule has 1 aliphatic rings. The first-order chi connectivity index (χ1) is 9.12. The Labute approximate surface area is 116 Å². The first kappa shape index (κ1) is 16.9. The zero-order valence-electron chi connectivity index (χ0n) is 12.7. The van der Waals surface area contributed by atoms with Crippen molar-refractivity contribution in [3.63, 3.8) is 0 Å². The molecule has 5 heteroatoms. The molecule has 0 radical (unpaired) electrons. The maximum atomic E-state index is 5.84. The van der Waals surface area contributed by atoms with Gasteiger partial charge in [-0.1, -0.05) is 13.8 Å². The lowest BCUT2D eigenvalue weighted by atomic mass is 9.64. The SMILES string of the molecule is CNC1CC(OCCOCCOCCOC)C1(C)C. The maximum Gasteiger partial charge on any atom is 0.0704 e. The van der Waals surface area contributed by atoms with E-state index in [0.717, 1.165) is 6.42 Å². The van der Waals surface area contributed by atoms with Gasteiger partial charge in [-0.2, -0.15) is 0 Å². The minimum Gasteiger partial charge on any atom is -0.382 e. The summed E-state index contributed by atoms with van der Waals surface area (Å²) in [5.74, 6) is 0. The Kier molecular flexibility index (Phi) is 7.87. The first-order valence-electron chi connectivity index (χ1n) is 7.06. The predicted octanol–water partition coefficient (Wildman–Crippen LogP) is 1.07. The van der Waals surface area contributed by atoms with Gasteiger partial charge in [0, 0.05) is 18.6 Å². The molecule has 0 aromatic carbocycles. The summed E-state index contributed by atoms with van der Waals surface area (Å²) in [6, 6.07) is 0.563. The van der Waals surface area contributed by atoms with Crippen molar-refractivity contribution in [2.45, 2.75) is 32.4 Å². The molecule has 0 aromatic heterocycles. The zero-order valence-corrected chi connectivity index (χ0v) is 12.7. The Morgan fingerprint density at radius 2 is 1.58 bits per heavy atom. The van der Waals surface area contributed by atoms with Crippen molar-refractivity contribution < 1.29 is 18.9 Å². The largest absolute Gasteiger partial charge is 0.382 e. The molecule has 1 fully saturated rings.